The van der Waals surface area contributed by atoms with Gasteiger partial charge in [-0.1, -0.05) is 30.3 Å². The van der Waals surface area contributed by atoms with E-state index in [0.29, 0.717) is 5.76 Å². The van der Waals surface area contributed by atoms with Crippen molar-refractivity contribution < 1.29 is 14.3 Å². The van der Waals surface area contributed by atoms with Crippen molar-refractivity contribution in [2.75, 3.05) is 6.54 Å². The number of nitrogens with one attached hydrogen (secondary N) is 1. The molecule has 0 bridgehead atoms. The van der Waals surface area contributed by atoms with Gasteiger partial charge < -0.3 is 9.52 Å². The molecule has 0 aliphatic heterocycles. The second-order valence-corrected chi connectivity index (χ2v) is 3.63. The van der Waals surface area contributed by atoms with Gasteiger partial charge in [-0.2, -0.15) is 0 Å². The maximum atomic E-state index is 10.6. The van der Waals surface area contributed by atoms with E-state index in [2.05, 4.69) is 5.32 Å². The monoisotopic (exact) mass is 231 g/mol. The summed E-state index contributed by atoms with van der Waals surface area (Å²) in [6.07, 6.45) is 1.58. The van der Waals surface area contributed by atoms with E-state index in [0.717, 1.165) is 5.56 Å². The first-order chi connectivity index (χ1) is 8.27. The minimum absolute atomic E-state index is 0.111. The highest BCUT2D eigenvalue weighted by atomic mass is 16.4. The molecule has 0 saturated heterocycles. The molecule has 1 aromatic carbocycles. The molecule has 1 unspecified atom stereocenters. The lowest BCUT2D eigenvalue weighted by molar-refractivity contribution is -0.136. The van der Waals surface area contributed by atoms with Crippen molar-refractivity contribution in [1.29, 1.82) is 0 Å². The number of aliphatic carboxylic acids is 1. The SMILES string of the molecule is O=C(O)CNC(c1ccccc1)c1ccco1. The number of rotatable bonds is 5. The van der Waals surface area contributed by atoms with Crippen LogP contribution < -0.4 is 5.32 Å². The molecule has 2 aromatic rings. The van der Waals surface area contributed by atoms with Crippen LogP contribution in [-0.4, -0.2) is 17.6 Å². The first kappa shape index (κ1) is 11.4. The standard InChI is InChI=1S/C13H13NO3/c15-12(16)9-14-13(11-7-4-8-17-11)10-5-2-1-3-6-10/h1-8,13-14H,9H2,(H,15,16). The summed E-state index contributed by atoms with van der Waals surface area (Å²) in [5.41, 5.74) is 0.976. The van der Waals surface area contributed by atoms with E-state index < -0.39 is 5.97 Å². The number of carboxylic acid groups (broad SMARTS) is 1. The average molecular weight is 231 g/mol. The van der Waals surface area contributed by atoms with Crippen molar-refractivity contribution in [3.63, 3.8) is 0 Å². The molecule has 0 saturated carbocycles. The van der Waals surface area contributed by atoms with E-state index in [9.17, 15) is 4.79 Å². The minimum atomic E-state index is -0.891. The Morgan fingerprint density at radius 2 is 2.00 bits per heavy atom. The number of benzene rings is 1. The van der Waals surface area contributed by atoms with Crippen LogP contribution >= 0.6 is 0 Å². The second-order valence-electron chi connectivity index (χ2n) is 3.63. The highest BCUT2D eigenvalue weighted by Crippen LogP contribution is 2.21. The van der Waals surface area contributed by atoms with Gasteiger partial charge in [-0.05, 0) is 17.7 Å². The molecule has 0 fully saturated rings. The van der Waals surface area contributed by atoms with Crippen LogP contribution in [0.2, 0.25) is 0 Å². The van der Waals surface area contributed by atoms with Crippen molar-refractivity contribution in [2.45, 2.75) is 6.04 Å². The Bertz CT molecular complexity index is 465. The lowest BCUT2D eigenvalue weighted by Crippen LogP contribution is -2.27. The second kappa shape index (κ2) is 5.32. The smallest absolute Gasteiger partial charge is 0.317 e. The summed E-state index contributed by atoms with van der Waals surface area (Å²) in [5, 5.41) is 11.7. The zero-order valence-electron chi connectivity index (χ0n) is 9.17. The van der Waals surface area contributed by atoms with Gasteiger partial charge in [-0.3, -0.25) is 10.1 Å². The Kier molecular flexibility index (Phi) is 3.57. The van der Waals surface area contributed by atoms with Gasteiger partial charge in [0.25, 0.3) is 0 Å². The molecule has 17 heavy (non-hydrogen) atoms. The molecular weight excluding hydrogens is 218 g/mol. The van der Waals surface area contributed by atoms with Crippen molar-refractivity contribution in [1.82, 2.24) is 5.32 Å². The van der Waals surface area contributed by atoms with Gasteiger partial charge in [0.05, 0.1) is 18.8 Å². The highest BCUT2D eigenvalue weighted by molar-refractivity contribution is 5.69. The molecule has 0 aliphatic rings. The van der Waals surface area contributed by atoms with Crippen LogP contribution in [0.1, 0.15) is 17.4 Å². The fourth-order valence-electron chi connectivity index (χ4n) is 1.67. The van der Waals surface area contributed by atoms with Crippen LogP contribution in [-0.2, 0) is 4.79 Å². The summed E-state index contributed by atoms with van der Waals surface area (Å²) in [6.45, 7) is -0.111. The van der Waals surface area contributed by atoms with E-state index in [1.165, 1.54) is 0 Å². The molecule has 1 heterocycles. The molecule has 2 N–H and O–H groups in total. The van der Waals surface area contributed by atoms with Gasteiger partial charge in [0.15, 0.2) is 0 Å². The molecular formula is C13H13NO3. The molecule has 4 nitrogen and oxygen atoms in total. The highest BCUT2D eigenvalue weighted by Gasteiger charge is 2.16. The summed E-state index contributed by atoms with van der Waals surface area (Å²) >= 11 is 0. The van der Waals surface area contributed by atoms with E-state index in [4.69, 9.17) is 9.52 Å². The number of hydrogen-bond donors (Lipinski definition) is 2. The van der Waals surface area contributed by atoms with E-state index >= 15 is 0 Å². The Morgan fingerprint density at radius 1 is 1.24 bits per heavy atom. The molecule has 0 amide bonds. The number of carboxylic acids is 1. The predicted octanol–water partition coefficient (Wildman–Crippen LogP) is 2.04. The maximum Gasteiger partial charge on any atom is 0.317 e. The van der Waals surface area contributed by atoms with Crippen LogP contribution in [0.4, 0.5) is 0 Å². The summed E-state index contributed by atoms with van der Waals surface area (Å²) in [6, 6.07) is 13.0. The first-order valence-electron chi connectivity index (χ1n) is 5.31. The Balaban J connectivity index is 2.22. The molecule has 2 rings (SSSR count). The fraction of sp³-hybridized carbons (Fsp3) is 0.154. The van der Waals surface area contributed by atoms with Crippen molar-refractivity contribution in [3.8, 4) is 0 Å². The van der Waals surface area contributed by atoms with Crippen LogP contribution in [0, 0.1) is 0 Å². The minimum Gasteiger partial charge on any atom is -0.480 e. The Labute approximate surface area is 98.9 Å². The summed E-state index contributed by atoms with van der Waals surface area (Å²) in [5.74, 6) is -0.185. The van der Waals surface area contributed by atoms with E-state index in [1.54, 1.807) is 12.3 Å². The summed E-state index contributed by atoms with van der Waals surface area (Å²) < 4.78 is 5.33. The Morgan fingerprint density at radius 3 is 2.59 bits per heavy atom. The number of furan rings is 1. The summed E-state index contributed by atoms with van der Waals surface area (Å²) in [4.78, 5) is 10.6. The summed E-state index contributed by atoms with van der Waals surface area (Å²) in [7, 11) is 0. The van der Waals surface area contributed by atoms with Crippen LogP contribution in [0.5, 0.6) is 0 Å². The van der Waals surface area contributed by atoms with Crippen LogP contribution in [0.15, 0.2) is 53.1 Å². The molecule has 0 spiro atoms. The topological polar surface area (TPSA) is 62.5 Å². The van der Waals surface area contributed by atoms with Gasteiger partial charge in [0.2, 0.25) is 0 Å². The molecule has 88 valence electrons. The first-order valence-corrected chi connectivity index (χ1v) is 5.31. The lowest BCUT2D eigenvalue weighted by Gasteiger charge is -2.15. The third-order valence-corrected chi connectivity index (χ3v) is 2.42. The molecule has 1 atom stereocenters. The Hall–Kier alpha value is -2.07. The quantitative estimate of drug-likeness (QED) is 0.826. The van der Waals surface area contributed by atoms with Crippen molar-refractivity contribution in [2.24, 2.45) is 0 Å². The largest absolute Gasteiger partial charge is 0.480 e. The number of carbonyl (C=O) groups is 1. The lowest BCUT2D eigenvalue weighted by atomic mass is 10.0. The molecule has 1 aromatic heterocycles. The molecule has 0 aliphatic carbocycles. The van der Waals surface area contributed by atoms with E-state index in [1.807, 2.05) is 36.4 Å². The van der Waals surface area contributed by atoms with Gasteiger partial charge >= 0.3 is 5.97 Å². The van der Waals surface area contributed by atoms with Gasteiger partial charge in [0.1, 0.15) is 5.76 Å². The number of hydrogen-bond acceptors (Lipinski definition) is 3. The third kappa shape index (κ3) is 2.95. The molecule has 0 radical (unpaired) electrons. The average Bonchev–Trinajstić information content (AvgIpc) is 2.84. The van der Waals surface area contributed by atoms with Crippen LogP contribution in [0.3, 0.4) is 0 Å². The van der Waals surface area contributed by atoms with Gasteiger partial charge in [-0.15, -0.1) is 0 Å². The zero-order chi connectivity index (χ0) is 12.1. The van der Waals surface area contributed by atoms with Gasteiger partial charge in [-0.25, -0.2) is 0 Å². The zero-order valence-corrected chi connectivity index (χ0v) is 9.17. The van der Waals surface area contributed by atoms with Gasteiger partial charge in [0, 0.05) is 0 Å². The van der Waals surface area contributed by atoms with Crippen molar-refractivity contribution >= 4 is 5.97 Å². The third-order valence-electron chi connectivity index (χ3n) is 2.42. The fourth-order valence-corrected chi connectivity index (χ4v) is 1.67. The van der Waals surface area contributed by atoms with Crippen molar-refractivity contribution in [3.05, 3.63) is 60.1 Å². The van der Waals surface area contributed by atoms with E-state index in [-0.39, 0.29) is 12.6 Å². The molecule has 4 heteroatoms. The maximum absolute atomic E-state index is 10.6. The van der Waals surface area contributed by atoms with Crippen LogP contribution in [0.25, 0.3) is 0 Å². The predicted molar refractivity (Wildman–Crippen MR) is 62.6 cm³/mol. The normalized spacial score (nSPS) is 12.2.